The molecule has 1 aromatic rings. The lowest BCUT2D eigenvalue weighted by Gasteiger charge is -2.17. The van der Waals surface area contributed by atoms with Gasteiger partial charge in [-0.2, -0.15) is 0 Å². The van der Waals surface area contributed by atoms with E-state index in [0.717, 1.165) is 6.42 Å². The van der Waals surface area contributed by atoms with Crippen molar-refractivity contribution in [2.75, 3.05) is 0 Å². The van der Waals surface area contributed by atoms with Gasteiger partial charge in [-0.3, -0.25) is 0 Å². The number of benzene rings is 1. The number of rotatable bonds is 2. The third-order valence-corrected chi connectivity index (χ3v) is 3.56. The van der Waals surface area contributed by atoms with Gasteiger partial charge < -0.3 is 0 Å². The second-order valence-electron chi connectivity index (χ2n) is 5.57. The van der Waals surface area contributed by atoms with Crippen LogP contribution in [0.15, 0.2) is 42.5 Å². The molecule has 1 aromatic carbocycles. The van der Waals surface area contributed by atoms with Crippen LogP contribution in [0.1, 0.15) is 44.7 Å². The minimum Gasteiger partial charge on any atom is -0.0782 e. The van der Waals surface area contributed by atoms with E-state index in [9.17, 15) is 0 Å². The van der Waals surface area contributed by atoms with Gasteiger partial charge in [0, 0.05) is 0 Å². The van der Waals surface area contributed by atoms with Gasteiger partial charge in [-0.15, -0.1) is 0 Å². The highest BCUT2D eigenvalue weighted by Gasteiger charge is 2.15. The van der Waals surface area contributed by atoms with Crippen LogP contribution in [0, 0.1) is 5.41 Å². The fraction of sp³-hybridized carbons (Fsp3) is 0.412. The smallest absolute Gasteiger partial charge is 0.0169 e. The molecule has 17 heavy (non-hydrogen) atoms. The molecule has 0 aromatic heterocycles. The van der Waals surface area contributed by atoms with Crippen LogP contribution in [0.3, 0.4) is 0 Å². The number of allylic oxidation sites excluding steroid dienone is 4. The Hall–Kier alpha value is -1.30. The van der Waals surface area contributed by atoms with Crippen molar-refractivity contribution in [3.63, 3.8) is 0 Å². The first kappa shape index (κ1) is 12.2. The van der Waals surface area contributed by atoms with Gasteiger partial charge >= 0.3 is 0 Å². The molecule has 0 N–H and O–H groups in total. The van der Waals surface area contributed by atoms with Gasteiger partial charge in [-0.05, 0) is 41.4 Å². The van der Waals surface area contributed by atoms with Crippen LogP contribution in [0.2, 0.25) is 0 Å². The highest BCUT2D eigenvalue weighted by Crippen LogP contribution is 2.31. The largest absolute Gasteiger partial charge is 0.0782 e. The van der Waals surface area contributed by atoms with Crippen molar-refractivity contribution in [2.24, 2.45) is 5.41 Å². The first-order chi connectivity index (χ1) is 8.11. The van der Waals surface area contributed by atoms with Crippen LogP contribution >= 0.6 is 0 Å². The number of aryl methyl sites for hydroxylation is 1. The highest BCUT2D eigenvalue weighted by molar-refractivity contribution is 5.74. The predicted molar refractivity (Wildman–Crippen MR) is 76.0 cm³/mol. The molecule has 0 aliphatic heterocycles. The molecular formula is C17H22. The molecule has 2 rings (SSSR count). The van der Waals surface area contributed by atoms with Gasteiger partial charge in [-0.25, -0.2) is 0 Å². The van der Waals surface area contributed by atoms with Crippen LogP contribution in [0.5, 0.6) is 0 Å². The van der Waals surface area contributed by atoms with Gasteiger partial charge in [-0.1, -0.05) is 63.3 Å². The molecular weight excluding hydrogens is 204 g/mol. The molecule has 0 unspecified atom stereocenters. The van der Waals surface area contributed by atoms with Crippen molar-refractivity contribution in [2.45, 2.75) is 40.0 Å². The van der Waals surface area contributed by atoms with Crippen LogP contribution in [0.4, 0.5) is 0 Å². The van der Waals surface area contributed by atoms with E-state index in [1.54, 1.807) is 0 Å². The van der Waals surface area contributed by atoms with E-state index < -0.39 is 0 Å². The summed E-state index contributed by atoms with van der Waals surface area (Å²) in [6, 6.07) is 8.96. The van der Waals surface area contributed by atoms with Crippen LogP contribution in [-0.2, 0) is 6.42 Å². The predicted octanol–water partition coefficient (Wildman–Crippen LogP) is 5.01. The van der Waals surface area contributed by atoms with Crippen LogP contribution in [0.25, 0.3) is 5.57 Å². The number of hydrogen-bond donors (Lipinski definition) is 0. The Morgan fingerprint density at radius 3 is 2.47 bits per heavy atom. The molecule has 0 nitrogen and oxygen atoms in total. The van der Waals surface area contributed by atoms with E-state index in [4.69, 9.17) is 0 Å². The molecule has 0 spiro atoms. The lowest BCUT2D eigenvalue weighted by Crippen LogP contribution is -2.04. The number of hydrogen-bond acceptors (Lipinski definition) is 0. The monoisotopic (exact) mass is 226 g/mol. The van der Waals surface area contributed by atoms with Crippen LogP contribution in [-0.4, -0.2) is 0 Å². The van der Waals surface area contributed by atoms with Crippen molar-refractivity contribution in [3.8, 4) is 0 Å². The maximum atomic E-state index is 2.37. The Morgan fingerprint density at radius 2 is 1.82 bits per heavy atom. The third kappa shape index (κ3) is 3.09. The van der Waals surface area contributed by atoms with Gasteiger partial charge in [0.2, 0.25) is 0 Å². The Balaban J connectivity index is 2.24. The van der Waals surface area contributed by atoms with E-state index in [2.05, 4.69) is 63.3 Å². The Kier molecular flexibility index (Phi) is 3.51. The van der Waals surface area contributed by atoms with Crippen molar-refractivity contribution in [1.29, 1.82) is 0 Å². The summed E-state index contributed by atoms with van der Waals surface area (Å²) in [6.07, 6.45) is 10.5. The van der Waals surface area contributed by atoms with E-state index >= 15 is 0 Å². The Morgan fingerprint density at radius 1 is 1.12 bits per heavy atom. The minimum atomic E-state index is 0.335. The molecule has 0 heterocycles. The molecule has 0 atom stereocenters. The zero-order chi connectivity index (χ0) is 12.3. The van der Waals surface area contributed by atoms with Crippen molar-refractivity contribution < 1.29 is 0 Å². The van der Waals surface area contributed by atoms with Crippen molar-refractivity contribution in [3.05, 3.63) is 53.6 Å². The topological polar surface area (TPSA) is 0 Å². The second kappa shape index (κ2) is 4.91. The molecule has 90 valence electrons. The molecule has 0 bridgehead atoms. The lowest BCUT2D eigenvalue weighted by molar-refractivity contribution is 0.445. The molecule has 0 fully saturated rings. The molecule has 0 heteroatoms. The summed E-state index contributed by atoms with van der Waals surface area (Å²) in [5.41, 5.74) is 4.46. The fourth-order valence-corrected chi connectivity index (χ4v) is 2.21. The molecule has 0 radical (unpaired) electrons. The third-order valence-electron chi connectivity index (χ3n) is 3.56. The van der Waals surface area contributed by atoms with Gasteiger partial charge in [0.25, 0.3) is 0 Å². The SMILES string of the molecule is CCc1ccc(C2=CCCC(C)(C)C=C2)cc1. The highest BCUT2D eigenvalue weighted by atomic mass is 14.2. The van der Waals surface area contributed by atoms with E-state index in [0.29, 0.717) is 5.41 Å². The standard InChI is InChI=1S/C17H22/c1-4-14-7-9-16(10-8-14)15-6-5-12-17(2,3)13-11-15/h6-11,13H,4-5,12H2,1-3H3. The van der Waals surface area contributed by atoms with E-state index in [1.165, 1.54) is 29.5 Å². The van der Waals surface area contributed by atoms with Gasteiger partial charge in [0.15, 0.2) is 0 Å². The summed E-state index contributed by atoms with van der Waals surface area (Å²) in [4.78, 5) is 0. The Labute approximate surface area is 105 Å². The molecule has 1 aliphatic carbocycles. The second-order valence-corrected chi connectivity index (χ2v) is 5.57. The molecule has 0 saturated heterocycles. The zero-order valence-electron chi connectivity index (χ0n) is 11.2. The first-order valence-corrected chi connectivity index (χ1v) is 6.59. The maximum Gasteiger partial charge on any atom is -0.0169 e. The van der Waals surface area contributed by atoms with Gasteiger partial charge in [0.05, 0.1) is 0 Å². The summed E-state index contributed by atoms with van der Waals surface area (Å²) in [7, 11) is 0. The summed E-state index contributed by atoms with van der Waals surface area (Å²) in [5, 5.41) is 0. The first-order valence-electron chi connectivity index (χ1n) is 6.59. The molecule has 1 aliphatic rings. The maximum absolute atomic E-state index is 2.37. The summed E-state index contributed by atoms with van der Waals surface area (Å²) >= 11 is 0. The average molecular weight is 226 g/mol. The summed E-state index contributed by atoms with van der Waals surface area (Å²) in [6.45, 7) is 6.81. The summed E-state index contributed by atoms with van der Waals surface area (Å²) < 4.78 is 0. The minimum absolute atomic E-state index is 0.335. The Bertz CT molecular complexity index is 430. The van der Waals surface area contributed by atoms with E-state index in [-0.39, 0.29) is 0 Å². The van der Waals surface area contributed by atoms with Crippen molar-refractivity contribution >= 4 is 5.57 Å². The summed E-state index contributed by atoms with van der Waals surface area (Å²) in [5.74, 6) is 0. The van der Waals surface area contributed by atoms with E-state index in [1.807, 2.05) is 0 Å². The molecule has 0 saturated carbocycles. The van der Waals surface area contributed by atoms with Gasteiger partial charge in [0.1, 0.15) is 0 Å². The molecule has 0 amide bonds. The fourth-order valence-electron chi connectivity index (χ4n) is 2.21. The lowest BCUT2D eigenvalue weighted by atomic mass is 9.88. The quantitative estimate of drug-likeness (QED) is 0.665. The van der Waals surface area contributed by atoms with Crippen molar-refractivity contribution in [1.82, 2.24) is 0 Å². The average Bonchev–Trinajstić information content (AvgIpc) is 2.50. The van der Waals surface area contributed by atoms with Crippen LogP contribution < -0.4 is 0 Å². The zero-order valence-corrected chi connectivity index (χ0v) is 11.2. The normalized spacial score (nSPS) is 18.6.